The number of hydrogen-bond acceptors (Lipinski definition) is 3. The molecule has 7 heteroatoms. The van der Waals surface area contributed by atoms with Crippen LogP contribution in [-0.2, 0) is 16.5 Å². The summed E-state index contributed by atoms with van der Waals surface area (Å²) in [5.41, 5.74) is 1.30. The molecule has 0 aliphatic rings. The van der Waals surface area contributed by atoms with Gasteiger partial charge in [0.2, 0.25) is 0 Å². The fraction of sp³-hybridized carbons (Fsp3) is 0.462. The van der Waals surface area contributed by atoms with Crippen LogP contribution in [0.15, 0.2) is 18.2 Å². The van der Waals surface area contributed by atoms with Crippen molar-refractivity contribution in [2.24, 2.45) is 5.92 Å². The molecule has 0 spiro atoms. The Labute approximate surface area is 124 Å². The third kappa shape index (κ3) is 5.90. The van der Waals surface area contributed by atoms with E-state index in [1.54, 1.807) is 18.2 Å². The first-order chi connectivity index (χ1) is 9.19. The van der Waals surface area contributed by atoms with Crippen molar-refractivity contribution >= 4 is 27.6 Å². The predicted molar refractivity (Wildman–Crippen MR) is 78.7 cm³/mol. The van der Waals surface area contributed by atoms with Crippen LogP contribution in [0, 0.1) is 5.92 Å². The van der Waals surface area contributed by atoms with E-state index in [1.165, 1.54) is 0 Å². The number of benzene rings is 1. The molecule has 0 aliphatic carbocycles. The van der Waals surface area contributed by atoms with Crippen LogP contribution in [0.4, 0.5) is 0 Å². The maximum atomic E-state index is 11.8. The van der Waals surface area contributed by atoms with Crippen molar-refractivity contribution in [3.63, 3.8) is 0 Å². The van der Waals surface area contributed by atoms with Gasteiger partial charge in [-0.2, -0.15) is 8.42 Å². The van der Waals surface area contributed by atoms with Gasteiger partial charge in [-0.05, 0) is 36.1 Å². The molecule has 0 aliphatic heterocycles. The minimum atomic E-state index is -4.07. The van der Waals surface area contributed by atoms with Gasteiger partial charge < -0.3 is 5.32 Å². The first kappa shape index (κ1) is 16.9. The molecule has 0 saturated carbocycles. The van der Waals surface area contributed by atoms with Gasteiger partial charge in [-0.25, -0.2) is 0 Å². The van der Waals surface area contributed by atoms with Crippen LogP contribution in [0.25, 0.3) is 0 Å². The average Bonchev–Trinajstić information content (AvgIpc) is 2.29. The van der Waals surface area contributed by atoms with E-state index in [2.05, 4.69) is 19.2 Å². The highest BCUT2D eigenvalue weighted by Gasteiger charge is 2.11. The average molecular weight is 320 g/mol. The Morgan fingerprint density at radius 2 is 2.05 bits per heavy atom. The fourth-order valence-electron chi connectivity index (χ4n) is 1.71. The maximum absolute atomic E-state index is 11.8. The quantitative estimate of drug-likeness (QED) is 0.787. The number of carbonyl (C=O) groups is 1. The molecule has 0 saturated heterocycles. The second-order valence-corrected chi connectivity index (χ2v) is 6.93. The Balaban J connectivity index is 2.73. The normalized spacial score (nSPS) is 11.7. The molecule has 112 valence electrons. The van der Waals surface area contributed by atoms with Gasteiger partial charge in [-0.15, -0.1) is 0 Å². The number of nitrogens with one attached hydrogen (secondary N) is 1. The molecular weight excluding hydrogens is 302 g/mol. The monoisotopic (exact) mass is 319 g/mol. The molecule has 1 aromatic rings. The lowest BCUT2D eigenvalue weighted by atomic mass is 10.0. The second-order valence-electron chi connectivity index (χ2n) is 4.95. The van der Waals surface area contributed by atoms with E-state index in [1.807, 2.05) is 0 Å². The third-order valence-electron chi connectivity index (χ3n) is 2.58. The molecule has 1 rings (SSSR count). The molecule has 0 unspecified atom stereocenters. The Kier molecular flexibility index (Phi) is 5.98. The standard InChI is InChI=1S/C13H18ClNO4S/c1-9(2)7-11-8-10(3-4-12(11)14)13(16)15-5-6-20(17,18)19/h3-4,8-9H,5-7H2,1-2H3,(H,15,16)(H,17,18,19). The van der Waals surface area contributed by atoms with E-state index in [-0.39, 0.29) is 6.54 Å². The van der Waals surface area contributed by atoms with Gasteiger partial charge in [0.05, 0.1) is 5.75 Å². The van der Waals surface area contributed by atoms with Crippen LogP contribution >= 0.6 is 11.6 Å². The van der Waals surface area contributed by atoms with Gasteiger partial charge in [0.25, 0.3) is 16.0 Å². The molecule has 20 heavy (non-hydrogen) atoms. The van der Waals surface area contributed by atoms with Crippen LogP contribution in [0.1, 0.15) is 29.8 Å². The van der Waals surface area contributed by atoms with Crippen LogP contribution < -0.4 is 5.32 Å². The van der Waals surface area contributed by atoms with Crippen molar-refractivity contribution in [1.82, 2.24) is 5.32 Å². The van der Waals surface area contributed by atoms with Gasteiger partial charge in [-0.3, -0.25) is 9.35 Å². The number of hydrogen-bond donors (Lipinski definition) is 2. The SMILES string of the molecule is CC(C)Cc1cc(C(=O)NCCS(=O)(=O)O)ccc1Cl. The lowest BCUT2D eigenvalue weighted by Gasteiger charge is -2.10. The third-order valence-corrected chi connectivity index (χ3v) is 3.67. The van der Waals surface area contributed by atoms with Crippen molar-refractivity contribution in [1.29, 1.82) is 0 Å². The minimum Gasteiger partial charge on any atom is -0.351 e. The summed E-state index contributed by atoms with van der Waals surface area (Å²) >= 11 is 6.07. The molecule has 5 nitrogen and oxygen atoms in total. The zero-order valence-electron chi connectivity index (χ0n) is 11.4. The smallest absolute Gasteiger partial charge is 0.266 e. The molecule has 0 atom stereocenters. The summed E-state index contributed by atoms with van der Waals surface area (Å²) in [4.78, 5) is 11.8. The van der Waals surface area contributed by atoms with E-state index in [0.29, 0.717) is 16.5 Å². The molecule has 0 bridgehead atoms. The van der Waals surface area contributed by atoms with Crippen LogP contribution in [0.3, 0.4) is 0 Å². The second kappa shape index (κ2) is 7.06. The lowest BCUT2D eigenvalue weighted by Crippen LogP contribution is -2.29. The molecule has 0 aromatic heterocycles. The Hall–Kier alpha value is -1.11. The molecule has 1 aromatic carbocycles. The summed E-state index contributed by atoms with van der Waals surface area (Å²) in [6, 6.07) is 4.93. The van der Waals surface area contributed by atoms with E-state index in [0.717, 1.165) is 12.0 Å². The summed E-state index contributed by atoms with van der Waals surface area (Å²) in [5.74, 6) is -0.494. The molecule has 0 radical (unpaired) electrons. The highest BCUT2D eigenvalue weighted by molar-refractivity contribution is 7.85. The molecule has 2 N–H and O–H groups in total. The van der Waals surface area contributed by atoms with Crippen molar-refractivity contribution in [3.05, 3.63) is 34.3 Å². The molecular formula is C13H18ClNO4S. The highest BCUT2D eigenvalue weighted by Crippen LogP contribution is 2.20. The number of amides is 1. The molecule has 1 amide bonds. The van der Waals surface area contributed by atoms with Crippen LogP contribution in [-0.4, -0.2) is 31.2 Å². The Morgan fingerprint density at radius 3 is 2.60 bits per heavy atom. The summed E-state index contributed by atoms with van der Waals surface area (Å²) in [7, 11) is -4.07. The molecule has 0 heterocycles. The van der Waals surface area contributed by atoms with E-state index < -0.39 is 21.8 Å². The Morgan fingerprint density at radius 1 is 1.40 bits per heavy atom. The zero-order chi connectivity index (χ0) is 15.3. The summed E-state index contributed by atoms with van der Waals surface area (Å²) in [5, 5.41) is 3.04. The van der Waals surface area contributed by atoms with Gasteiger partial charge in [0.1, 0.15) is 0 Å². The zero-order valence-corrected chi connectivity index (χ0v) is 13.0. The molecule has 0 fully saturated rings. The highest BCUT2D eigenvalue weighted by atomic mass is 35.5. The number of rotatable bonds is 6. The lowest BCUT2D eigenvalue weighted by molar-refractivity contribution is 0.0956. The summed E-state index contributed by atoms with van der Waals surface area (Å²) in [6.45, 7) is 3.96. The van der Waals surface area contributed by atoms with Crippen molar-refractivity contribution in [3.8, 4) is 0 Å². The largest absolute Gasteiger partial charge is 0.351 e. The number of carbonyl (C=O) groups excluding carboxylic acids is 1. The minimum absolute atomic E-state index is 0.139. The topological polar surface area (TPSA) is 83.5 Å². The van der Waals surface area contributed by atoms with Crippen molar-refractivity contribution in [2.75, 3.05) is 12.3 Å². The predicted octanol–water partition coefficient (Wildman–Crippen LogP) is 2.16. The Bertz CT molecular complexity index is 584. The first-order valence-corrected chi connectivity index (χ1v) is 8.19. The van der Waals surface area contributed by atoms with Gasteiger partial charge >= 0.3 is 0 Å². The van der Waals surface area contributed by atoms with Crippen LogP contribution in [0.5, 0.6) is 0 Å². The van der Waals surface area contributed by atoms with Gasteiger partial charge in [0.15, 0.2) is 0 Å². The van der Waals surface area contributed by atoms with Gasteiger partial charge in [0, 0.05) is 17.1 Å². The van der Waals surface area contributed by atoms with E-state index in [9.17, 15) is 13.2 Å². The first-order valence-electron chi connectivity index (χ1n) is 6.21. The van der Waals surface area contributed by atoms with Gasteiger partial charge in [-0.1, -0.05) is 25.4 Å². The summed E-state index contributed by atoms with van der Waals surface area (Å²) < 4.78 is 29.7. The fourth-order valence-corrected chi connectivity index (χ4v) is 2.26. The van der Waals surface area contributed by atoms with E-state index in [4.69, 9.17) is 16.2 Å². The van der Waals surface area contributed by atoms with Crippen LogP contribution in [0.2, 0.25) is 5.02 Å². The number of halogens is 1. The van der Waals surface area contributed by atoms with Crippen molar-refractivity contribution < 1.29 is 17.8 Å². The van der Waals surface area contributed by atoms with E-state index >= 15 is 0 Å². The maximum Gasteiger partial charge on any atom is 0.266 e. The summed E-state index contributed by atoms with van der Waals surface area (Å²) in [6.07, 6.45) is 0.755. The van der Waals surface area contributed by atoms with Crippen molar-refractivity contribution in [2.45, 2.75) is 20.3 Å².